The third-order valence-electron chi connectivity index (χ3n) is 4.11. The number of benzene rings is 1. The molecule has 3 rings (SSSR count). The Hall–Kier alpha value is -1.97. The lowest BCUT2D eigenvalue weighted by Gasteiger charge is -2.32. The van der Waals surface area contributed by atoms with Crippen LogP contribution in [0.25, 0.3) is 11.0 Å². The number of anilines is 1. The Morgan fingerprint density at radius 3 is 2.35 bits per heavy atom. The fourth-order valence-electron chi connectivity index (χ4n) is 2.90. The number of para-hydroxylation sites is 2. The van der Waals surface area contributed by atoms with Gasteiger partial charge in [0.2, 0.25) is 0 Å². The summed E-state index contributed by atoms with van der Waals surface area (Å²) in [5.74, 6) is 1.32. The molecule has 0 amide bonds. The van der Waals surface area contributed by atoms with E-state index in [9.17, 15) is 4.79 Å². The van der Waals surface area contributed by atoms with Crippen LogP contribution in [0.3, 0.4) is 0 Å². The van der Waals surface area contributed by atoms with E-state index in [1.54, 1.807) is 0 Å². The lowest BCUT2D eigenvalue weighted by Crippen LogP contribution is -2.36. The third-order valence-corrected chi connectivity index (χ3v) is 4.11. The Morgan fingerprint density at radius 1 is 1.10 bits per heavy atom. The Bertz CT molecular complexity index is 643. The quantitative estimate of drug-likeness (QED) is 0.841. The van der Waals surface area contributed by atoms with Gasteiger partial charge in [0.05, 0.1) is 16.7 Å². The topological polar surface area (TPSA) is 46.1 Å². The number of hydrogen-bond acceptors (Lipinski definition) is 4. The molecule has 20 heavy (non-hydrogen) atoms. The largest absolute Gasteiger partial charge is 0.355 e. The van der Waals surface area contributed by atoms with E-state index in [0.29, 0.717) is 24.7 Å². The standard InChI is InChI=1S/C16H19N3O/c1-11-16(18-15-6-4-3-5-14(15)17-11)19(2)12-7-9-13(20)10-8-12/h3-6,12H,7-10H2,1-2H3. The van der Waals surface area contributed by atoms with Crippen LogP contribution in [0.1, 0.15) is 31.4 Å². The van der Waals surface area contributed by atoms with Crippen molar-refractivity contribution in [2.75, 3.05) is 11.9 Å². The van der Waals surface area contributed by atoms with E-state index in [2.05, 4.69) is 16.9 Å². The van der Waals surface area contributed by atoms with Gasteiger partial charge in [-0.3, -0.25) is 4.79 Å². The number of fused-ring (bicyclic) bond motifs is 1. The molecular weight excluding hydrogens is 250 g/mol. The Balaban J connectivity index is 1.92. The number of aromatic nitrogens is 2. The minimum absolute atomic E-state index is 0.385. The van der Waals surface area contributed by atoms with Gasteiger partial charge < -0.3 is 4.90 Å². The Kier molecular flexibility index (Phi) is 3.38. The van der Waals surface area contributed by atoms with Crippen LogP contribution < -0.4 is 4.90 Å². The number of nitrogens with zero attached hydrogens (tertiary/aromatic N) is 3. The fraction of sp³-hybridized carbons (Fsp3) is 0.438. The Labute approximate surface area is 118 Å². The van der Waals surface area contributed by atoms with Crippen molar-refractivity contribution in [1.29, 1.82) is 0 Å². The zero-order valence-electron chi connectivity index (χ0n) is 12.0. The molecule has 0 bridgehead atoms. The number of carbonyl (C=O) groups excluding carboxylic acids is 1. The maximum Gasteiger partial charge on any atom is 0.150 e. The highest BCUT2D eigenvalue weighted by molar-refractivity contribution is 5.79. The molecule has 1 aliphatic rings. The maximum atomic E-state index is 11.4. The second kappa shape index (κ2) is 5.19. The number of ketones is 1. The molecule has 1 heterocycles. The summed E-state index contributed by atoms with van der Waals surface area (Å²) in [6.45, 7) is 2.00. The van der Waals surface area contributed by atoms with Crippen LogP contribution >= 0.6 is 0 Å². The first kappa shape index (κ1) is 13.0. The van der Waals surface area contributed by atoms with E-state index < -0.39 is 0 Å². The van der Waals surface area contributed by atoms with Crippen LogP contribution in [-0.4, -0.2) is 28.8 Å². The number of carbonyl (C=O) groups is 1. The van der Waals surface area contributed by atoms with Crippen molar-refractivity contribution < 1.29 is 4.79 Å². The summed E-state index contributed by atoms with van der Waals surface area (Å²) in [6, 6.07) is 8.33. The summed E-state index contributed by atoms with van der Waals surface area (Å²) in [5, 5.41) is 0. The molecule has 1 fully saturated rings. The molecule has 1 aromatic heterocycles. The van der Waals surface area contributed by atoms with E-state index >= 15 is 0 Å². The maximum absolute atomic E-state index is 11.4. The molecule has 104 valence electrons. The smallest absolute Gasteiger partial charge is 0.150 e. The average molecular weight is 269 g/mol. The third kappa shape index (κ3) is 2.38. The number of hydrogen-bond donors (Lipinski definition) is 0. The van der Waals surface area contributed by atoms with E-state index in [4.69, 9.17) is 4.98 Å². The Morgan fingerprint density at radius 2 is 1.70 bits per heavy atom. The first-order chi connectivity index (χ1) is 9.65. The van der Waals surface area contributed by atoms with Gasteiger partial charge in [0.15, 0.2) is 5.82 Å². The van der Waals surface area contributed by atoms with Gasteiger partial charge >= 0.3 is 0 Å². The van der Waals surface area contributed by atoms with Gasteiger partial charge in [-0.2, -0.15) is 0 Å². The van der Waals surface area contributed by atoms with E-state index in [1.807, 2.05) is 31.2 Å². The van der Waals surface area contributed by atoms with Crippen LogP contribution in [0.2, 0.25) is 0 Å². The van der Waals surface area contributed by atoms with Gasteiger partial charge in [0, 0.05) is 25.9 Å². The van der Waals surface area contributed by atoms with Crippen molar-refractivity contribution in [3.8, 4) is 0 Å². The SMILES string of the molecule is Cc1nc2ccccc2nc1N(C)C1CCC(=O)CC1. The minimum atomic E-state index is 0.385. The van der Waals surface area contributed by atoms with Gasteiger partial charge in [-0.15, -0.1) is 0 Å². The van der Waals surface area contributed by atoms with Crippen LogP contribution in [0.5, 0.6) is 0 Å². The molecule has 0 radical (unpaired) electrons. The molecule has 1 aromatic carbocycles. The molecule has 4 nitrogen and oxygen atoms in total. The molecule has 1 aliphatic carbocycles. The molecule has 0 saturated heterocycles. The van der Waals surface area contributed by atoms with Crippen molar-refractivity contribution >= 4 is 22.6 Å². The number of rotatable bonds is 2. The van der Waals surface area contributed by atoms with Crippen molar-refractivity contribution in [2.45, 2.75) is 38.6 Å². The summed E-state index contributed by atoms with van der Waals surface area (Å²) in [6.07, 6.45) is 3.22. The van der Waals surface area contributed by atoms with Crippen molar-refractivity contribution in [3.63, 3.8) is 0 Å². The van der Waals surface area contributed by atoms with E-state index in [0.717, 1.165) is 35.4 Å². The highest BCUT2D eigenvalue weighted by atomic mass is 16.1. The van der Waals surface area contributed by atoms with Crippen LogP contribution in [0.15, 0.2) is 24.3 Å². The monoisotopic (exact) mass is 269 g/mol. The summed E-state index contributed by atoms with van der Waals surface area (Å²) in [5.41, 5.74) is 2.80. The first-order valence-corrected chi connectivity index (χ1v) is 7.13. The molecule has 0 atom stereocenters. The van der Waals surface area contributed by atoms with Crippen LogP contribution in [0.4, 0.5) is 5.82 Å². The van der Waals surface area contributed by atoms with Gasteiger partial charge in [-0.05, 0) is 31.9 Å². The van der Waals surface area contributed by atoms with Crippen molar-refractivity contribution in [3.05, 3.63) is 30.0 Å². The zero-order valence-corrected chi connectivity index (χ0v) is 12.0. The van der Waals surface area contributed by atoms with E-state index in [1.165, 1.54) is 0 Å². The van der Waals surface area contributed by atoms with Crippen molar-refractivity contribution in [2.24, 2.45) is 0 Å². The normalized spacial score (nSPS) is 16.6. The predicted octanol–water partition coefficient (Wildman–Crippen LogP) is 2.89. The lowest BCUT2D eigenvalue weighted by molar-refractivity contribution is -0.120. The minimum Gasteiger partial charge on any atom is -0.355 e. The summed E-state index contributed by atoms with van der Waals surface area (Å²) in [7, 11) is 2.06. The molecule has 1 saturated carbocycles. The number of aryl methyl sites for hydroxylation is 1. The predicted molar refractivity (Wildman–Crippen MR) is 79.9 cm³/mol. The molecule has 0 spiro atoms. The highest BCUT2D eigenvalue weighted by Gasteiger charge is 2.24. The van der Waals surface area contributed by atoms with Gasteiger partial charge in [0.1, 0.15) is 5.78 Å². The lowest BCUT2D eigenvalue weighted by atomic mass is 9.93. The summed E-state index contributed by atoms with van der Waals surface area (Å²) >= 11 is 0. The van der Waals surface area contributed by atoms with Crippen LogP contribution in [-0.2, 0) is 4.79 Å². The number of Topliss-reactive ketones (excluding diaryl/α,β-unsaturated/α-hetero) is 1. The summed E-state index contributed by atoms with van der Waals surface area (Å²) < 4.78 is 0. The summed E-state index contributed by atoms with van der Waals surface area (Å²) in [4.78, 5) is 22.9. The zero-order chi connectivity index (χ0) is 14.1. The second-order valence-electron chi connectivity index (χ2n) is 5.50. The highest BCUT2D eigenvalue weighted by Crippen LogP contribution is 2.26. The first-order valence-electron chi connectivity index (χ1n) is 7.13. The van der Waals surface area contributed by atoms with Gasteiger partial charge in [0.25, 0.3) is 0 Å². The molecule has 2 aromatic rings. The fourth-order valence-corrected chi connectivity index (χ4v) is 2.90. The molecule has 0 aliphatic heterocycles. The van der Waals surface area contributed by atoms with Crippen LogP contribution in [0, 0.1) is 6.92 Å². The molecule has 0 unspecified atom stereocenters. The second-order valence-corrected chi connectivity index (χ2v) is 5.50. The van der Waals surface area contributed by atoms with Gasteiger partial charge in [-0.25, -0.2) is 9.97 Å². The van der Waals surface area contributed by atoms with Crippen molar-refractivity contribution in [1.82, 2.24) is 9.97 Å². The molecular formula is C16H19N3O. The molecule has 4 heteroatoms. The van der Waals surface area contributed by atoms with E-state index in [-0.39, 0.29) is 0 Å². The van der Waals surface area contributed by atoms with Gasteiger partial charge in [-0.1, -0.05) is 12.1 Å². The molecule has 0 N–H and O–H groups in total. The average Bonchev–Trinajstić information content (AvgIpc) is 2.46.